The van der Waals surface area contributed by atoms with Crippen LogP contribution >= 0.6 is 0 Å². The van der Waals surface area contributed by atoms with Crippen LogP contribution in [0.15, 0.2) is 54.9 Å². The first-order chi connectivity index (χ1) is 13.3. The van der Waals surface area contributed by atoms with Crippen LogP contribution in [-0.2, 0) is 16.1 Å². The molecular formula is C23H27N3O2. The number of nitrogens with zero attached hydrogens (tertiary/aromatic N) is 3. The number of rotatable bonds is 4. The largest absolute Gasteiger partial charge is 0.332 e. The van der Waals surface area contributed by atoms with E-state index in [1.807, 2.05) is 74.2 Å². The van der Waals surface area contributed by atoms with Crippen molar-refractivity contribution in [2.45, 2.75) is 52.2 Å². The second kappa shape index (κ2) is 7.97. The number of aromatic nitrogens is 1. The predicted octanol–water partition coefficient (Wildman–Crippen LogP) is 4.17. The Bertz CT molecular complexity index is 884. The molecule has 2 aromatic rings. The summed E-state index contributed by atoms with van der Waals surface area (Å²) in [5.41, 5.74) is 2.53. The van der Waals surface area contributed by atoms with Gasteiger partial charge in [0.05, 0.1) is 24.7 Å². The molecule has 1 unspecified atom stereocenters. The van der Waals surface area contributed by atoms with Crippen LogP contribution in [0.4, 0.5) is 0 Å². The molecule has 1 atom stereocenters. The summed E-state index contributed by atoms with van der Waals surface area (Å²) >= 11 is 0. The Morgan fingerprint density at radius 2 is 1.82 bits per heavy atom. The summed E-state index contributed by atoms with van der Waals surface area (Å²) in [7, 11) is 0. The second-order valence-corrected chi connectivity index (χ2v) is 8.06. The monoisotopic (exact) mass is 377 g/mol. The first-order valence-corrected chi connectivity index (χ1v) is 9.54. The van der Waals surface area contributed by atoms with Gasteiger partial charge in [-0.05, 0) is 50.1 Å². The first kappa shape index (κ1) is 19.8. The SMILES string of the molecule is CC(=O)N1C=Cc2ccccc2C1CC(=O)N(Cc1ccccn1)C(C)(C)C. The van der Waals surface area contributed by atoms with E-state index in [-0.39, 0.29) is 29.8 Å². The summed E-state index contributed by atoms with van der Waals surface area (Å²) in [4.78, 5) is 33.4. The molecule has 0 aliphatic carbocycles. The maximum absolute atomic E-state index is 13.4. The lowest BCUT2D eigenvalue weighted by Crippen LogP contribution is -2.46. The van der Waals surface area contributed by atoms with Crippen LogP contribution in [-0.4, -0.2) is 32.1 Å². The summed E-state index contributed by atoms with van der Waals surface area (Å²) in [6.07, 6.45) is 5.67. The third-order valence-corrected chi connectivity index (χ3v) is 4.99. The standard InChI is InChI=1S/C23H27N3O2/c1-17(27)25-14-12-18-9-5-6-11-20(18)21(25)15-22(28)26(23(2,3)4)16-19-10-7-8-13-24-19/h5-14,21H,15-16H2,1-4H3. The number of hydrogen-bond acceptors (Lipinski definition) is 3. The number of carbonyl (C=O) groups is 2. The number of fused-ring (bicyclic) bond motifs is 1. The molecule has 0 radical (unpaired) electrons. The van der Waals surface area contributed by atoms with Gasteiger partial charge in [-0.25, -0.2) is 0 Å². The zero-order valence-electron chi connectivity index (χ0n) is 16.9. The molecule has 2 amide bonds. The molecule has 0 spiro atoms. The molecule has 1 aromatic heterocycles. The van der Waals surface area contributed by atoms with E-state index in [1.165, 1.54) is 6.92 Å². The summed E-state index contributed by atoms with van der Waals surface area (Å²) in [6, 6.07) is 13.3. The van der Waals surface area contributed by atoms with Gasteiger partial charge in [-0.15, -0.1) is 0 Å². The number of pyridine rings is 1. The van der Waals surface area contributed by atoms with Crippen LogP contribution in [0, 0.1) is 0 Å². The van der Waals surface area contributed by atoms with E-state index in [9.17, 15) is 9.59 Å². The van der Waals surface area contributed by atoms with Crippen molar-refractivity contribution >= 4 is 17.9 Å². The highest BCUT2D eigenvalue weighted by atomic mass is 16.2. The van der Waals surface area contributed by atoms with Crippen molar-refractivity contribution in [1.29, 1.82) is 0 Å². The van der Waals surface area contributed by atoms with E-state index in [0.717, 1.165) is 16.8 Å². The fourth-order valence-corrected chi connectivity index (χ4v) is 3.54. The Morgan fingerprint density at radius 1 is 1.11 bits per heavy atom. The van der Waals surface area contributed by atoms with Gasteiger partial charge in [0.25, 0.3) is 0 Å². The van der Waals surface area contributed by atoms with Gasteiger partial charge >= 0.3 is 0 Å². The molecule has 28 heavy (non-hydrogen) atoms. The highest BCUT2D eigenvalue weighted by Crippen LogP contribution is 2.34. The summed E-state index contributed by atoms with van der Waals surface area (Å²) in [6.45, 7) is 8.03. The lowest BCUT2D eigenvalue weighted by molar-refractivity contribution is -0.139. The minimum atomic E-state index is -0.361. The van der Waals surface area contributed by atoms with Crippen molar-refractivity contribution in [2.24, 2.45) is 0 Å². The van der Waals surface area contributed by atoms with Gasteiger partial charge in [0.2, 0.25) is 11.8 Å². The van der Waals surface area contributed by atoms with Crippen molar-refractivity contribution < 1.29 is 9.59 Å². The zero-order chi connectivity index (χ0) is 20.3. The molecular weight excluding hydrogens is 350 g/mol. The second-order valence-electron chi connectivity index (χ2n) is 8.06. The third kappa shape index (κ3) is 4.30. The smallest absolute Gasteiger partial charge is 0.225 e. The third-order valence-electron chi connectivity index (χ3n) is 4.99. The molecule has 5 nitrogen and oxygen atoms in total. The molecule has 0 fully saturated rings. The van der Waals surface area contributed by atoms with Gasteiger partial charge in [-0.2, -0.15) is 0 Å². The average molecular weight is 377 g/mol. The lowest BCUT2D eigenvalue weighted by atomic mass is 9.92. The maximum Gasteiger partial charge on any atom is 0.225 e. The Balaban J connectivity index is 1.89. The molecule has 146 valence electrons. The number of carbonyl (C=O) groups excluding carboxylic acids is 2. The predicted molar refractivity (Wildman–Crippen MR) is 110 cm³/mol. The highest BCUT2D eigenvalue weighted by molar-refractivity contribution is 5.82. The molecule has 3 rings (SSSR count). The van der Waals surface area contributed by atoms with Gasteiger partial charge in [0.15, 0.2) is 0 Å². The normalized spacial score (nSPS) is 15.9. The summed E-state index contributed by atoms with van der Waals surface area (Å²) < 4.78 is 0. The van der Waals surface area contributed by atoms with E-state index in [2.05, 4.69) is 4.98 Å². The molecule has 2 heterocycles. The fourth-order valence-electron chi connectivity index (χ4n) is 3.54. The van der Waals surface area contributed by atoms with Crippen LogP contribution in [0.1, 0.15) is 57.0 Å². The Labute approximate surface area is 166 Å². The number of benzene rings is 1. The molecule has 1 aliphatic rings. The average Bonchev–Trinajstić information content (AvgIpc) is 2.66. The van der Waals surface area contributed by atoms with Crippen LogP contribution in [0.5, 0.6) is 0 Å². The topological polar surface area (TPSA) is 53.5 Å². The van der Waals surface area contributed by atoms with Gasteiger partial charge < -0.3 is 9.80 Å². The zero-order valence-corrected chi connectivity index (χ0v) is 16.9. The Hall–Kier alpha value is -2.95. The van der Waals surface area contributed by atoms with Gasteiger partial charge in [0, 0.05) is 24.9 Å². The molecule has 0 bridgehead atoms. The van der Waals surface area contributed by atoms with Crippen LogP contribution in [0.25, 0.3) is 6.08 Å². The molecule has 1 aliphatic heterocycles. The first-order valence-electron chi connectivity index (χ1n) is 9.54. The number of amides is 2. The minimum absolute atomic E-state index is 0.000457. The maximum atomic E-state index is 13.4. The molecule has 1 aromatic carbocycles. The van der Waals surface area contributed by atoms with Crippen LogP contribution < -0.4 is 0 Å². The van der Waals surface area contributed by atoms with Gasteiger partial charge in [0.1, 0.15) is 0 Å². The minimum Gasteiger partial charge on any atom is -0.332 e. The van der Waals surface area contributed by atoms with Crippen molar-refractivity contribution in [1.82, 2.24) is 14.8 Å². The van der Waals surface area contributed by atoms with Crippen molar-refractivity contribution in [3.8, 4) is 0 Å². The fraction of sp³-hybridized carbons (Fsp3) is 0.348. The van der Waals surface area contributed by atoms with E-state index < -0.39 is 0 Å². The van der Waals surface area contributed by atoms with Gasteiger partial charge in [-0.1, -0.05) is 30.3 Å². The number of hydrogen-bond donors (Lipinski definition) is 0. The lowest BCUT2D eigenvalue weighted by Gasteiger charge is -2.38. The summed E-state index contributed by atoms with van der Waals surface area (Å²) in [5.74, 6) is -0.0740. The van der Waals surface area contributed by atoms with Gasteiger partial charge in [-0.3, -0.25) is 14.6 Å². The molecule has 5 heteroatoms. The van der Waals surface area contributed by atoms with Crippen molar-refractivity contribution in [3.63, 3.8) is 0 Å². The highest BCUT2D eigenvalue weighted by Gasteiger charge is 2.33. The van der Waals surface area contributed by atoms with E-state index in [4.69, 9.17) is 0 Å². The quantitative estimate of drug-likeness (QED) is 0.803. The van der Waals surface area contributed by atoms with E-state index >= 15 is 0 Å². The van der Waals surface area contributed by atoms with Crippen LogP contribution in [0.2, 0.25) is 0 Å². The summed E-state index contributed by atoms with van der Waals surface area (Å²) in [5, 5.41) is 0. The molecule has 0 saturated heterocycles. The Kier molecular flexibility index (Phi) is 5.63. The van der Waals surface area contributed by atoms with Crippen molar-refractivity contribution in [3.05, 3.63) is 71.7 Å². The molecule has 0 saturated carbocycles. The molecule has 0 N–H and O–H groups in total. The van der Waals surface area contributed by atoms with Crippen molar-refractivity contribution in [2.75, 3.05) is 0 Å². The van der Waals surface area contributed by atoms with E-state index in [1.54, 1.807) is 17.3 Å². The van der Waals surface area contributed by atoms with Crippen LogP contribution in [0.3, 0.4) is 0 Å². The Morgan fingerprint density at radius 3 is 2.46 bits per heavy atom. The van der Waals surface area contributed by atoms with E-state index in [0.29, 0.717) is 6.54 Å².